The Hall–Kier alpha value is -3.08. The zero-order valence-electron chi connectivity index (χ0n) is 12.0. The molecule has 0 amide bonds. The predicted octanol–water partition coefficient (Wildman–Crippen LogP) is 2.80. The second-order valence-corrected chi connectivity index (χ2v) is 5.38. The van der Waals surface area contributed by atoms with E-state index in [4.69, 9.17) is 5.73 Å². The number of carbonyl (C=O) groups is 1. The molecule has 0 atom stereocenters. The van der Waals surface area contributed by atoms with E-state index in [0.29, 0.717) is 11.3 Å². The minimum Gasteiger partial charge on any atom is -0.399 e. The maximum Gasteiger partial charge on any atom is 0.278 e. The third kappa shape index (κ3) is 1.79. The molecule has 0 aliphatic rings. The summed E-state index contributed by atoms with van der Waals surface area (Å²) in [5.74, 6) is -0.150. The van der Waals surface area contributed by atoms with Crippen LogP contribution in [0.5, 0.6) is 0 Å². The normalized spacial score (nSPS) is 11.3. The second kappa shape index (κ2) is 4.46. The van der Waals surface area contributed by atoms with Gasteiger partial charge in [0, 0.05) is 35.4 Å². The number of hydrogen-bond acceptors (Lipinski definition) is 3. The molecular formula is C17H14N4O. The van der Waals surface area contributed by atoms with E-state index in [9.17, 15) is 4.79 Å². The van der Waals surface area contributed by atoms with E-state index in [-0.39, 0.29) is 5.91 Å². The van der Waals surface area contributed by atoms with Crippen molar-refractivity contribution in [2.45, 2.75) is 0 Å². The van der Waals surface area contributed by atoms with Crippen molar-refractivity contribution in [3.8, 4) is 0 Å². The molecule has 5 nitrogen and oxygen atoms in total. The van der Waals surface area contributed by atoms with Crippen LogP contribution in [0.4, 0.5) is 5.69 Å². The van der Waals surface area contributed by atoms with Gasteiger partial charge in [0.15, 0.2) is 0 Å². The number of aromatic nitrogens is 3. The van der Waals surface area contributed by atoms with Crippen LogP contribution in [-0.2, 0) is 7.05 Å². The third-order valence-electron chi connectivity index (χ3n) is 3.92. The number of carbonyl (C=O) groups excluding carboxylic acids is 1. The first-order valence-electron chi connectivity index (χ1n) is 6.96. The van der Waals surface area contributed by atoms with Gasteiger partial charge in [0.2, 0.25) is 0 Å². The number of benzene rings is 2. The predicted molar refractivity (Wildman–Crippen MR) is 86.8 cm³/mol. The Morgan fingerprint density at radius 2 is 1.91 bits per heavy atom. The van der Waals surface area contributed by atoms with Gasteiger partial charge in [-0.3, -0.25) is 4.79 Å². The van der Waals surface area contributed by atoms with Crippen molar-refractivity contribution >= 4 is 33.4 Å². The highest BCUT2D eigenvalue weighted by Gasteiger charge is 2.14. The van der Waals surface area contributed by atoms with Gasteiger partial charge in [-0.25, -0.2) is 0 Å². The SMILES string of the molecule is Cn1ccc2ccc(C(=O)n3ncc4cc(N)ccc43)cc21. The molecule has 0 saturated heterocycles. The highest BCUT2D eigenvalue weighted by Crippen LogP contribution is 2.20. The van der Waals surface area contributed by atoms with Gasteiger partial charge in [0.05, 0.1) is 11.7 Å². The summed E-state index contributed by atoms with van der Waals surface area (Å²) < 4.78 is 3.41. The minimum absolute atomic E-state index is 0.150. The van der Waals surface area contributed by atoms with E-state index in [1.807, 2.05) is 54.2 Å². The van der Waals surface area contributed by atoms with E-state index < -0.39 is 0 Å². The number of anilines is 1. The maximum absolute atomic E-state index is 12.7. The van der Waals surface area contributed by atoms with E-state index in [1.54, 1.807) is 12.3 Å². The fourth-order valence-electron chi connectivity index (χ4n) is 2.73. The van der Waals surface area contributed by atoms with Gasteiger partial charge in [0.1, 0.15) is 0 Å². The van der Waals surface area contributed by atoms with Crippen LogP contribution in [0.3, 0.4) is 0 Å². The standard InChI is InChI=1S/C17H14N4O/c1-20-7-6-11-2-3-12(9-16(11)20)17(22)21-15-5-4-14(18)8-13(15)10-19-21/h2-10H,18H2,1H3. The van der Waals surface area contributed by atoms with Gasteiger partial charge in [-0.2, -0.15) is 9.78 Å². The average molecular weight is 290 g/mol. The smallest absolute Gasteiger partial charge is 0.278 e. The van der Waals surface area contributed by atoms with Crippen LogP contribution in [0.1, 0.15) is 10.4 Å². The van der Waals surface area contributed by atoms with Crippen molar-refractivity contribution in [3.63, 3.8) is 0 Å². The van der Waals surface area contributed by atoms with Crippen LogP contribution in [0, 0.1) is 0 Å². The van der Waals surface area contributed by atoms with E-state index >= 15 is 0 Å². The van der Waals surface area contributed by atoms with E-state index in [0.717, 1.165) is 21.8 Å². The van der Waals surface area contributed by atoms with Crippen molar-refractivity contribution < 1.29 is 4.79 Å². The van der Waals surface area contributed by atoms with E-state index in [2.05, 4.69) is 5.10 Å². The molecule has 0 spiro atoms. The number of aryl methyl sites for hydroxylation is 1. The van der Waals surface area contributed by atoms with Gasteiger partial charge >= 0.3 is 0 Å². The lowest BCUT2D eigenvalue weighted by molar-refractivity contribution is 0.0950. The van der Waals surface area contributed by atoms with Gasteiger partial charge < -0.3 is 10.3 Å². The summed E-state index contributed by atoms with van der Waals surface area (Å²) in [6.07, 6.45) is 3.63. The maximum atomic E-state index is 12.7. The molecule has 0 radical (unpaired) electrons. The molecular weight excluding hydrogens is 276 g/mol. The molecule has 0 aliphatic carbocycles. The Labute approximate surface area is 126 Å². The van der Waals surface area contributed by atoms with Crippen LogP contribution < -0.4 is 5.73 Å². The van der Waals surface area contributed by atoms with Crippen LogP contribution in [-0.4, -0.2) is 20.3 Å². The fourth-order valence-corrected chi connectivity index (χ4v) is 2.73. The fraction of sp³-hybridized carbons (Fsp3) is 0.0588. The molecule has 0 aliphatic heterocycles. The Bertz CT molecular complexity index is 1030. The molecule has 2 aromatic carbocycles. The molecule has 0 bridgehead atoms. The first kappa shape index (κ1) is 12.6. The van der Waals surface area contributed by atoms with Gasteiger partial charge in [-0.05, 0) is 41.8 Å². The number of hydrogen-bond donors (Lipinski definition) is 1. The topological polar surface area (TPSA) is 65.8 Å². The second-order valence-electron chi connectivity index (χ2n) is 5.38. The Morgan fingerprint density at radius 3 is 2.77 bits per heavy atom. The molecule has 22 heavy (non-hydrogen) atoms. The van der Waals surface area contributed by atoms with Crippen LogP contribution in [0.25, 0.3) is 21.8 Å². The summed E-state index contributed by atoms with van der Waals surface area (Å²) >= 11 is 0. The largest absolute Gasteiger partial charge is 0.399 e. The van der Waals surface area contributed by atoms with Crippen molar-refractivity contribution in [2.75, 3.05) is 5.73 Å². The number of nitrogen functional groups attached to an aromatic ring is 1. The summed E-state index contributed by atoms with van der Waals surface area (Å²) in [4.78, 5) is 12.7. The molecule has 0 saturated carbocycles. The van der Waals surface area contributed by atoms with E-state index in [1.165, 1.54) is 4.68 Å². The first-order chi connectivity index (χ1) is 10.6. The van der Waals surface area contributed by atoms with Crippen molar-refractivity contribution in [1.82, 2.24) is 14.3 Å². The van der Waals surface area contributed by atoms with Crippen molar-refractivity contribution in [1.29, 1.82) is 0 Å². The van der Waals surface area contributed by atoms with Gasteiger partial charge in [-0.1, -0.05) is 6.07 Å². The third-order valence-corrected chi connectivity index (χ3v) is 3.92. The first-order valence-corrected chi connectivity index (χ1v) is 6.96. The quantitative estimate of drug-likeness (QED) is 0.548. The molecule has 4 rings (SSSR count). The molecule has 2 N–H and O–H groups in total. The number of rotatable bonds is 1. The van der Waals surface area contributed by atoms with Crippen LogP contribution >= 0.6 is 0 Å². The molecule has 108 valence electrons. The highest BCUT2D eigenvalue weighted by atomic mass is 16.2. The average Bonchev–Trinajstić information content (AvgIpc) is 3.10. The molecule has 0 unspecified atom stereocenters. The number of nitrogens with zero attached hydrogens (tertiary/aromatic N) is 3. The molecule has 0 fully saturated rings. The lowest BCUT2D eigenvalue weighted by Crippen LogP contribution is -2.13. The minimum atomic E-state index is -0.150. The van der Waals surface area contributed by atoms with Crippen molar-refractivity contribution in [3.05, 3.63) is 60.4 Å². The van der Waals surface area contributed by atoms with Gasteiger partial charge in [0.25, 0.3) is 5.91 Å². The summed E-state index contributed by atoms with van der Waals surface area (Å²) in [6.45, 7) is 0. The summed E-state index contributed by atoms with van der Waals surface area (Å²) in [5, 5.41) is 6.17. The lowest BCUT2D eigenvalue weighted by atomic mass is 10.1. The summed E-state index contributed by atoms with van der Waals surface area (Å²) in [5.41, 5.74) is 8.80. The Balaban J connectivity index is 1.86. The molecule has 2 aromatic heterocycles. The highest BCUT2D eigenvalue weighted by molar-refractivity contribution is 6.03. The number of fused-ring (bicyclic) bond motifs is 2. The molecule has 4 aromatic rings. The Kier molecular flexibility index (Phi) is 2.56. The molecule has 5 heteroatoms. The molecule has 2 heterocycles. The van der Waals surface area contributed by atoms with Gasteiger partial charge in [-0.15, -0.1) is 0 Å². The summed E-state index contributed by atoms with van der Waals surface area (Å²) in [6, 6.07) is 13.1. The number of nitrogens with two attached hydrogens (primary N) is 1. The Morgan fingerprint density at radius 1 is 1.05 bits per heavy atom. The van der Waals surface area contributed by atoms with Crippen LogP contribution in [0.15, 0.2) is 54.9 Å². The zero-order chi connectivity index (χ0) is 15.3. The van der Waals surface area contributed by atoms with Crippen molar-refractivity contribution in [2.24, 2.45) is 7.05 Å². The summed E-state index contributed by atoms with van der Waals surface area (Å²) in [7, 11) is 1.96. The monoisotopic (exact) mass is 290 g/mol. The lowest BCUT2D eigenvalue weighted by Gasteiger charge is -2.04. The zero-order valence-corrected chi connectivity index (χ0v) is 12.0. The van der Waals surface area contributed by atoms with Crippen LogP contribution in [0.2, 0.25) is 0 Å².